The van der Waals surface area contributed by atoms with Gasteiger partial charge in [-0.15, -0.1) is 0 Å². The van der Waals surface area contributed by atoms with Gasteiger partial charge < -0.3 is 0 Å². The standard InChI is InChI=1S/C24H21.2ClH.Zr/c1-16-11-17(2)13-22(12-16)24-18(3)9-10-20-14-21(15-23(20)24)19-7-5-4-6-8-19;;;/h4-15H,1-3H3;2*1H;/q;;;+2/p-2. The molecule has 1 unspecified atom stereocenters. The molecule has 135 valence electrons. The Hall–Kier alpha value is -1.14. The summed E-state index contributed by atoms with van der Waals surface area (Å²) in [4.78, 5) is 0. The van der Waals surface area contributed by atoms with Crippen molar-refractivity contribution in [3.8, 4) is 11.1 Å². The van der Waals surface area contributed by atoms with Crippen LogP contribution in [-0.2, 0) is 19.4 Å². The number of hydrogen-bond acceptors (Lipinski definition) is 0. The summed E-state index contributed by atoms with van der Waals surface area (Å²) in [6, 6.07) is 21.8. The normalized spacial score (nSPS) is 15.4. The molecule has 1 atom stereocenters. The number of rotatable bonds is 3. The van der Waals surface area contributed by atoms with Gasteiger partial charge in [-0.25, -0.2) is 0 Å². The van der Waals surface area contributed by atoms with E-state index in [-0.39, 0.29) is 3.63 Å². The Kier molecular flexibility index (Phi) is 5.48. The number of fused-ring (bicyclic) bond motifs is 1. The van der Waals surface area contributed by atoms with Crippen LogP contribution in [0.3, 0.4) is 0 Å². The van der Waals surface area contributed by atoms with E-state index in [2.05, 4.69) is 81.4 Å². The third kappa shape index (κ3) is 3.63. The molecule has 3 aromatic carbocycles. The van der Waals surface area contributed by atoms with E-state index in [0.717, 1.165) is 0 Å². The zero-order valence-corrected chi connectivity index (χ0v) is 19.7. The van der Waals surface area contributed by atoms with E-state index in [0.29, 0.717) is 0 Å². The Labute approximate surface area is 176 Å². The van der Waals surface area contributed by atoms with Crippen LogP contribution in [0.4, 0.5) is 0 Å². The Bertz CT molecular complexity index is 1020. The maximum absolute atomic E-state index is 6.67. The first-order valence-corrected chi connectivity index (χ1v) is 16.9. The first kappa shape index (κ1) is 19.2. The molecule has 1 aliphatic carbocycles. The molecule has 0 bridgehead atoms. The minimum atomic E-state index is -2.57. The van der Waals surface area contributed by atoms with Crippen LogP contribution in [0, 0.1) is 20.8 Å². The predicted octanol–water partition coefficient (Wildman–Crippen LogP) is 7.80. The van der Waals surface area contributed by atoms with E-state index >= 15 is 0 Å². The monoisotopic (exact) mass is 469 g/mol. The van der Waals surface area contributed by atoms with E-state index in [1.807, 2.05) is 6.07 Å². The van der Waals surface area contributed by atoms with E-state index in [4.69, 9.17) is 17.0 Å². The van der Waals surface area contributed by atoms with Gasteiger partial charge >= 0.3 is 178 Å². The van der Waals surface area contributed by atoms with Crippen LogP contribution in [0.2, 0.25) is 0 Å². The SMILES string of the molecule is Cc1cc(C)cc(-c2c(C)ccc3c2C=C(c2ccccc2)[CH]3[Zr]([Cl])[Cl])c1. The van der Waals surface area contributed by atoms with Crippen molar-refractivity contribution in [1.82, 2.24) is 0 Å². The molecule has 0 aliphatic heterocycles. The molecule has 0 aromatic heterocycles. The quantitative estimate of drug-likeness (QED) is 0.366. The first-order valence-electron chi connectivity index (χ1n) is 9.12. The van der Waals surface area contributed by atoms with Crippen molar-refractivity contribution in [1.29, 1.82) is 0 Å². The van der Waals surface area contributed by atoms with E-state index in [1.54, 1.807) is 0 Å². The third-order valence-electron chi connectivity index (χ3n) is 5.25. The van der Waals surface area contributed by atoms with E-state index < -0.39 is 19.4 Å². The molecule has 4 rings (SSSR count). The van der Waals surface area contributed by atoms with Gasteiger partial charge in [0.25, 0.3) is 0 Å². The molecular weight excluding hydrogens is 450 g/mol. The fourth-order valence-corrected chi connectivity index (χ4v) is 9.35. The van der Waals surface area contributed by atoms with Crippen LogP contribution in [0.5, 0.6) is 0 Å². The maximum atomic E-state index is 6.67. The third-order valence-corrected chi connectivity index (χ3v) is 10.4. The summed E-state index contributed by atoms with van der Waals surface area (Å²) in [5.74, 6) is 0. The average Bonchev–Trinajstić information content (AvgIpc) is 3.01. The van der Waals surface area contributed by atoms with Gasteiger partial charge in [0, 0.05) is 0 Å². The van der Waals surface area contributed by atoms with Crippen molar-refractivity contribution >= 4 is 28.7 Å². The van der Waals surface area contributed by atoms with Crippen LogP contribution in [0.15, 0.2) is 60.7 Å². The van der Waals surface area contributed by atoms with Crippen molar-refractivity contribution in [2.24, 2.45) is 0 Å². The van der Waals surface area contributed by atoms with Gasteiger partial charge in [-0.05, 0) is 0 Å². The number of halogens is 2. The number of hydrogen-bond donors (Lipinski definition) is 0. The van der Waals surface area contributed by atoms with Crippen LogP contribution in [-0.4, -0.2) is 0 Å². The summed E-state index contributed by atoms with van der Waals surface area (Å²) in [7, 11) is 13.3. The second-order valence-electron chi connectivity index (χ2n) is 7.33. The van der Waals surface area contributed by atoms with Gasteiger partial charge in [-0.2, -0.15) is 0 Å². The number of allylic oxidation sites excluding steroid dienone is 1. The molecule has 1 aliphatic rings. The summed E-state index contributed by atoms with van der Waals surface area (Å²) in [6.45, 7) is 6.51. The molecule has 0 saturated heterocycles. The molecule has 0 N–H and O–H groups in total. The fraction of sp³-hybridized carbons (Fsp3) is 0.167. The molecule has 0 radical (unpaired) electrons. The van der Waals surface area contributed by atoms with Crippen LogP contribution in [0.25, 0.3) is 22.8 Å². The first-order chi connectivity index (χ1) is 13.0. The Balaban J connectivity index is 1.97. The van der Waals surface area contributed by atoms with Crippen LogP contribution >= 0.6 is 17.0 Å². The Morgan fingerprint density at radius 1 is 0.778 bits per heavy atom. The van der Waals surface area contributed by atoms with Gasteiger partial charge in [0.05, 0.1) is 0 Å². The second kappa shape index (κ2) is 7.71. The number of aryl methyl sites for hydroxylation is 3. The molecule has 0 amide bonds. The molecule has 3 heteroatoms. The average molecular weight is 472 g/mol. The molecule has 0 nitrogen and oxygen atoms in total. The summed E-state index contributed by atoms with van der Waals surface area (Å²) >= 11 is -2.57. The van der Waals surface area contributed by atoms with Gasteiger partial charge in [-0.1, -0.05) is 0 Å². The van der Waals surface area contributed by atoms with Crippen molar-refractivity contribution in [3.63, 3.8) is 0 Å². The number of benzene rings is 3. The van der Waals surface area contributed by atoms with Crippen molar-refractivity contribution in [2.45, 2.75) is 24.4 Å². The zero-order valence-electron chi connectivity index (χ0n) is 15.7. The Morgan fingerprint density at radius 2 is 1.44 bits per heavy atom. The molecule has 3 aromatic rings. The van der Waals surface area contributed by atoms with Gasteiger partial charge in [0.2, 0.25) is 0 Å². The summed E-state index contributed by atoms with van der Waals surface area (Å²) in [5.41, 5.74) is 11.6. The fourth-order valence-electron chi connectivity index (χ4n) is 4.18. The van der Waals surface area contributed by atoms with Gasteiger partial charge in [-0.3, -0.25) is 0 Å². The second-order valence-corrected chi connectivity index (χ2v) is 16.1. The molecule has 0 spiro atoms. The predicted molar refractivity (Wildman–Crippen MR) is 115 cm³/mol. The summed E-state index contributed by atoms with van der Waals surface area (Å²) in [5, 5.41) is 0. The van der Waals surface area contributed by atoms with Gasteiger partial charge in [0.15, 0.2) is 0 Å². The van der Waals surface area contributed by atoms with Crippen molar-refractivity contribution < 1.29 is 19.4 Å². The minimum absolute atomic E-state index is 0.179. The zero-order chi connectivity index (χ0) is 19.1. The molecule has 0 saturated carbocycles. The molecular formula is C24H21Cl2Zr. The topological polar surface area (TPSA) is 0 Å². The molecule has 27 heavy (non-hydrogen) atoms. The van der Waals surface area contributed by atoms with Crippen LogP contribution in [0.1, 0.15) is 37.0 Å². The Morgan fingerprint density at radius 3 is 2.07 bits per heavy atom. The summed E-state index contributed by atoms with van der Waals surface area (Å²) < 4.78 is 0.179. The van der Waals surface area contributed by atoms with Crippen molar-refractivity contribution in [2.75, 3.05) is 0 Å². The van der Waals surface area contributed by atoms with E-state index in [1.165, 1.54) is 50.1 Å². The molecule has 0 heterocycles. The summed E-state index contributed by atoms with van der Waals surface area (Å²) in [6.07, 6.45) is 2.33. The van der Waals surface area contributed by atoms with E-state index in [9.17, 15) is 0 Å². The van der Waals surface area contributed by atoms with Crippen LogP contribution < -0.4 is 0 Å². The van der Waals surface area contributed by atoms with Gasteiger partial charge in [0.1, 0.15) is 0 Å². The molecule has 0 fully saturated rings. The van der Waals surface area contributed by atoms with Crippen molar-refractivity contribution in [3.05, 3.63) is 94.0 Å².